The van der Waals surface area contributed by atoms with Crippen molar-refractivity contribution in [1.82, 2.24) is 34.4 Å². The third-order valence-electron chi connectivity index (χ3n) is 6.64. The number of aryl methyl sites for hydroxylation is 1. The minimum atomic E-state index is -0.607. The van der Waals surface area contributed by atoms with Crippen LogP contribution in [0.2, 0.25) is 0 Å². The second kappa shape index (κ2) is 9.77. The first-order valence-corrected chi connectivity index (χ1v) is 12.4. The van der Waals surface area contributed by atoms with Crippen LogP contribution in [-0.4, -0.2) is 66.6 Å². The Kier molecular flexibility index (Phi) is 6.53. The summed E-state index contributed by atoms with van der Waals surface area (Å²) >= 11 is 0. The molecule has 0 radical (unpaired) electrons. The number of hydrogen-bond acceptors (Lipinski definition) is 8. The lowest BCUT2D eigenvalue weighted by atomic mass is 10.2. The van der Waals surface area contributed by atoms with Crippen LogP contribution >= 0.6 is 0 Å². The Hall–Kier alpha value is -3.66. The number of imidazole rings is 1. The van der Waals surface area contributed by atoms with E-state index in [-0.39, 0.29) is 11.6 Å². The maximum Gasteiger partial charge on any atom is 0.241 e. The second-order valence-corrected chi connectivity index (χ2v) is 9.70. The molecule has 5 heterocycles. The van der Waals surface area contributed by atoms with Gasteiger partial charge < -0.3 is 14.8 Å². The molecule has 36 heavy (non-hydrogen) atoms. The number of hydrogen-bond donors (Lipinski definition) is 1. The van der Waals surface area contributed by atoms with E-state index in [1.165, 1.54) is 0 Å². The van der Waals surface area contributed by atoms with Crippen molar-refractivity contribution in [2.24, 2.45) is 0 Å². The largest absolute Gasteiger partial charge is 0.368 e. The standard InChI is InChI=1S/C26H32FN9/c1-16(2)34-10-12-35(13-11-34)19-6-7-23(29-15-19)33-26-28-9-8-20(32-26)21-14-22-24(25(27)31-21)30-18(5)36(22)17(3)4/h6-9,14-17H,10-13H2,1-5H3,(H,28,29,32,33). The third-order valence-corrected chi connectivity index (χ3v) is 6.64. The van der Waals surface area contributed by atoms with Crippen molar-refractivity contribution < 1.29 is 4.39 Å². The summed E-state index contributed by atoms with van der Waals surface area (Å²) in [7, 11) is 0. The summed E-state index contributed by atoms with van der Waals surface area (Å²) in [6.45, 7) is 14.5. The van der Waals surface area contributed by atoms with Crippen LogP contribution in [0.1, 0.15) is 39.6 Å². The minimum Gasteiger partial charge on any atom is -0.368 e. The summed E-state index contributed by atoms with van der Waals surface area (Å²) in [6, 6.07) is 8.24. The molecule has 0 aromatic carbocycles. The molecule has 9 nitrogen and oxygen atoms in total. The number of halogens is 1. The first kappa shape index (κ1) is 24.1. The van der Waals surface area contributed by atoms with Gasteiger partial charge in [0.15, 0.2) is 0 Å². The number of nitrogens with one attached hydrogen (secondary N) is 1. The van der Waals surface area contributed by atoms with Crippen LogP contribution in [0.4, 0.5) is 21.8 Å². The second-order valence-electron chi connectivity index (χ2n) is 9.70. The lowest BCUT2D eigenvalue weighted by Crippen LogP contribution is -2.48. The molecule has 0 saturated carbocycles. The molecule has 0 unspecified atom stereocenters. The molecule has 1 N–H and O–H groups in total. The van der Waals surface area contributed by atoms with Crippen LogP contribution in [0.25, 0.3) is 22.4 Å². The van der Waals surface area contributed by atoms with Gasteiger partial charge in [0.25, 0.3) is 0 Å². The Morgan fingerprint density at radius 1 is 0.889 bits per heavy atom. The van der Waals surface area contributed by atoms with Crippen molar-refractivity contribution in [3.05, 3.63) is 48.4 Å². The van der Waals surface area contributed by atoms with Gasteiger partial charge in [0, 0.05) is 44.5 Å². The zero-order valence-electron chi connectivity index (χ0n) is 21.4. The zero-order valence-corrected chi connectivity index (χ0v) is 21.4. The Bertz CT molecular complexity index is 1360. The summed E-state index contributed by atoms with van der Waals surface area (Å²) in [4.78, 5) is 26.8. The summed E-state index contributed by atoms with van der Waals surface area (Å²) in [6.07, 6.45) is 3.50. The summed E-state index contributed by atoms with van der Waals surface area (Å²) in [5.41, 5.74) is 3.01. The Morgan fingerprint density at radius 2 is 1.67 bits per heavy atom. The number of pyridine rings is 2. The molecular weight excluding hydrogens is 457 g/mol. The molecular formula is C26H32FN9. The maximum atomic E-state index is 14.8. The number of piperazine rings is 1. The molecule has 10 heteroatoms. The van der Waals surface area contributed by atoms with E-state index in [1.54, 1.807) is 12.3 Å². The van der Waals surface area contributed by atoms with Gasteiger partial charge in [-0.1, -0.05) is 0 Å². The molecule has 1 aliphatic rings. The van der Waals surface area contributed by atoms with E-state index in [9.17, 15) is 4.39 Å². The van der Waals surface area contributed by atoms with Crippen LogP contribution < -0.4 is 10.2 Å². The minimum absolute atomic E-state index is 0.139. The fourth-order valence-corrected chi connectivity index (χ4v) is 4.77. The molecule has 188 valence electrons. The normalized spacial score (nSPS) is 14.8. The van der Waals surface area contributed by atoms with Gasteiger partial charge in [-0.25, -0.2) is 24.9 Å². The highest BCUT2D eigenvalue weighted by atomic mass is 19.1. The molecule has 0 amide bonds. The quantitative estimate of drug-likeness (QED) is 0.394. The number of nitrogens with zero attached hydrogens (tertiary/aromatic N) is 8. The van der Waals surface area contributed by atoms with E-state index in [4.69, 9.17) is 0 Å². The highest BCUT2D eigenvalue weighted by Gasteiger charge is 2.20. The molecule has 0 spiro atoms. The molecule has 0 bridgehead atoms. The first-order valence-electron chi connectivity index (χ1n) is 12.4. The third kappa shape index (κ3) is 4.73. The lowest BCUT2D eigenvalue weighted by Gasteiger charge is -2.38. The predicted octanol–water partition coefficient (Wildman–Crippen LogP) is 4.59. The van der Waals surface area contributed by atoms with Crippen molar-refractivity contribution in [1.29, 1.82) is 0 Å². The number of rotatable bonds is 6. The highest BCUT2D eigenvalue weighted by Crippen LogP contribution is 2.27. The predicted molar refractivity (Wildman–Crippen MR) is 140 cm³/mol. The molecule has 1 aliphatic heterocycles. The van der Waals surface area contributed by atoms with E-state index in [0.717, 1.165) is 37.7 Å². The van der Waals surface area contributed by atoms with Gasteiger partial charge in [0.1, 0.15) is 17.2 Å². The average Bonchev–Trinajstić information content (AvgIpc) is 3.21. The van der Waals surface area contributed by atoms with E-state index >= 15 is 0 Å². The van der Waals surface area contributed by atoms with Gasteiger partial charge in [-0.05, 0) is 58.9 Å². The average molecular weight is 490 g/mol. The molecule has 1 fully saturated rings. The van der Waals surface area contributed by atoms with Gasteiger partial charge in [0.2, 0.25) is 11.9 Å². The molecule has 4 aromatic rings. The fourth-order valence-electron chi connectivity index (χ4n) is 4.77. The highest BCUT2D eigenvalue weighted by molar-refractivity contribution is 5.80. The number of aromatic nitrogens is 6. The van der Waals surface area contributed by atoms with Gasteiger partial charge in [0.05, 0.1) is 28.8 Å². The van der Waals surface area contributed by atoms with Gasteiger partial charge in [-0.15, -0.1) is 0 Å². The molecule has 4 aromatic heterocycles. The summed E-state index contributed by atoms with van der Waals surface area (Å²) in [5.74, 6) is 1.15. The van der Waals surface area contributed by atoms with Gasteiger partial charge in [-0.2, -0.15) is 4.39 Å². The van der Waals surface area contributed by atoms with Crippen LogP contribution in [-0.2, 0) is 0 Å². The van der Waals surface area contributed by atoms with Gasteiger partial charge >= 0.3 is 0 Å². The van der Waals surface area contributed by atoms with Crippen LogP contribution in [0.5, 0.6) is 0 Å². The molecule has 0 atom stereocenters. The van der Waals surface area contributed by atoms with Crippen molar-refractivity contribution in [3.8, 4) is 11.4 Å². The molecule has 1 saturated heterocycles. The van der Waals surface area contributed by atoms with E-state index in [1.807, 2.05) is 43.7 Å². The molecule has 5 rings (SSSR count). The van der Waals surface area contributed by atoms with Crippen molar-refractivity contribution in [3.63, 3.8) is 0 Å². The summed E-state index contributed by atoms with van der Waals surface area (Å²) < 4.78 is 16.8. The fraction of sp³-hybridized carbons (Fsp3) is 0.423. The SMILES string of the molecule is Cc1nc2c(F)nc(-c3ccnc(Nc4ccc(N5CCN(C(C)C)CC5)cn4)n3)cc2n1C(C)C. The van der Waals surface area contributed by atoms with Gasteiger partial charge in [-0.3, -0.25) is 4.90 Å². The van der Waals surface area contributed by atoms with Crippen molar-refractivity contribution >= 4 is 28.5 Å². The Morgan fingerprint density at radius 3 is 2.33 bits per heavy atom. The van der Waals surface area contributed by atoms with Crippen LogP contribution in [0, 0.1) is 12.9 Å². The first-order chi connectivity index (χ1) is 17.3. The maximum absolute atomic E-state index is 14.8. The molecule has 0 aliphatic carbocycles. The topological polar surface area (TPSA) is 87.9 Å². The zero-order chi connectivity index (χ0) is 25.4. The Labute approximate surface area is 210 Å². The summed E-state index contributed by atoms with van der Waals surface area (Å²) in [5, 5.41) is 3.15. The number of anilines is 3. The van der Waals surface area contributed by atoms with Crippen molar-refractivity contribution in [2.75, 3.05) is 36.4 Å². The van der Waals surface area contributed by atoms with E-state index < -0.39 is 5.95 Å². The lowest BCUT2D eigenvalue weighted by molar-refractivity contribution is 0.209. The smallest absolute Gasteiger partial charge is 0.241 e. The Balaban J connectivity index is 1.34. The monoisotopic (exact) mass is 489 g/mol. The van der Waals surface area contributed by atoms with E-state index in [2.05, 4.69) is 60.0 Å². The van der Waals surface area contributed by atoms with Crippen LogP contribution in [0.15, 0.2) is 36.7 Å². The van der Waals surface area contributed by atoms with Crippen LogP contribution in [0.3, 0.4) is 0 Å². The van der Waals surface area contributed by atoms with E-state index in [0.29, 0.717) is 34.7 Å². The number of fused-ring (bicyclic) bond motifs is 1. The van der Waals surface area contributed by atoms with Crippen molar-refractivity contribution in [2.45, 2.75) is 46.7 Å².